The van der Waals surface area contributed by atoms with Gasteiger partial charge in [0, 0.05) is 35.1 Å². The Hall–Kier alpha value is -2.99. The molecule has 4 aromatic rings. The Labute approximate surface area is 171 Å². The van der Waals surface area contributed by atoms with Gasteiger partial charge in [-0.2, -0.15) is 0 Å². The largest absolute Gasteiger partial charge is 0.451 e. The lowest BCUT2D eigenvalue weighted by Crippen LogP contribution is -2.40. The second-order valence-corrected chi connectivity index (χ2v) is 7.86. The highest BCUT2D eigenvalue weighted by Gasteiger charge is 2.29. The van der Waals surface area contributed by atoms with Crippen molar-refractivity contribution >= 4 is 39.6 Å². The molecule has 1 amide bonds. The molecule has 0 aliphatic carbocycles. The number of hydrogen-bond acceptors (Lipinski definition) is 4. The van der Waals surface area contributed by atoms with Crippen molar-refractivity contribution in [2.75, 3.05) is 13.1 Å². The number of benzene rings is 2. The quantitative estimate of drug-likeness (QED) is 0.477. The molecule has 2 aromatic carbocycles. The fourth-order valence-corrected chi connectivity index (χ4v) is 4.37. The molecule has 0 N–H and O–H groups in total. The minimum Gasteiger partial charge on any atom is -0.451 e. The van der Waals surface area contributed by atoms with Crippen LogP contribution in [0, 0.1) is 6.92 Å². The number of rotatable bonds is 2. The van der Waals surface area contributed by atoms with Crippen LogP contribution in [0.15, 0.2) is 56.1 Å². The zero-order chi connectivity index (χ0) is 20.1. The first-order valence-electron chi connectivity index (χ1n) is 9.61. The zero-order valence-corrected chi connectivity index (χ0v) is 16.6. The first-order chi connectivity index (χ1) is 14.0. The molecular formula is C22H19ClN2O4. The summed E-state index contributed by atoms with van der Waals surface area (Å²) in [6, 6.07) is 12.8. The Kier molecular flexibility index (Phi) is 4.24. The molecule has 0 unspecified atom stereocenters. The van der Waals surface area contributed by atoms with Crippen molar-refractivity contribution in [3.63, 3.8) is 0 Å². The van der Waals surface area contributed by atoms with Gasteiger partial charge < -0.3 is 13.7 Å². The average molecular weight is 411 g/mol. The maximum atomic E-state index is 13.0. The monoisotopic (exact) mass is 410 g/mol. The molecule has 148 valence electrons. The summed E-state index contributed by atoms with van der Waals surface area (Å²) in [5.74, 6) is -0.105. The van der Waals surface area contributed by atoms with Gasteiger partial charge in [-0.1, -0.05) is 29.8 Å². The Morgan fingerprint density at radius 2 is 1.83 bits per heavy atom. The summed E-state index contributed by atoms with van der Waals surface area (Å²) in [6.07, 6.45) is 1.32. The van der Waals surface area contributed by atoms with Crippen LogP contribution in [0.2, 0.25) is 5.02 Å². The van der Waals surface area contributed by atoms with Crippen LogP contribution in [0.3, 0.4) is 0 Å². The molecule has 0 bridgehead atoms. The van der Waals surface area contributed by atoms with Gasteiger partial charge in [-0.05, 0) is 44.0 Å². The van der Waals surface area contributed by atoms with Crippen molar-refractivity contribution < 1.29 is 13.6 Å². The molecule has 1 fully saturated rings. The molecule has 1 saturated heterocycles. The van der Waals surface area contributed by atoms with E-state index in [9.17, 15) is 9.59 Å². The van der Waals surface area contributed by atoms with Gasteiger partial charge in [-0.15, -0.1) is 0 Å². The Bertz CT molecular complexity index is 1290. The summed E-state index contributed by atoms with van der Waals surface area (Å²) in [7, 11) is 0. The van der Waals surface area contributed by atoms with Gasteiger partial charge in [0.1, 0.15) is 5.58 Å². The molecule has 1 aliphatic heterocycles. The van der Waals surface area contributed by atoms with Crippen LogP contribution >= 0.6 is 11.6 Å². The molecule has 0 radical (unpaired) electrons. The third kappa shape index (κ3) is 2.95. The first-order valence-corrected chi connectivity index (χ1v) is 9.99. The van der Waals surface area contributed by atoms with Crippen LogP contribution in [0.1, 0.15) is 35.0 Å². The summed E-state index contributed by atoms with van der Waals surface area (Å²) < 4.78 is 12.8. The van der Waals surface area contributed by atoms with E-state index in [-0.39, 0.29) is 17.7 Å². The lowest BCUT2D eigenvalue weighted by atomic mass is 10.0. The van der Waals surface area contributed by atoms with E-state index in [1.54, 1.807) is 27.7 Å². The van der Waals surface area contributed by atoms with E-state index < -0.39 is 0 Å². The number of carbonyl (C=O) groups excluding carboxylic acids is 1. The summed E-state index contributed by atoms with van der Waals surface area (Å²) in [4.78, 5) is 27.2. The molecule has 0 saturated carbocycles. The number of hydrogen-bond donors (Lipinski definition) is 0. The lowest BCUT2D eigenvalue weighted by molar-refractivity contribution is 0.0663. The van der Waals surface area contributed by atoms with E-state index in [1.165, 1.54) is 0 Å². The third-order valence-electron chi connectivity index (χ3n) is 5.73. The fraction of sp³-hybridized carbons (Fsp3) is 0.273. The number of aromatic nitrogens is 1. The molecule has 6 nitrogen and oxygen atoms in total. The van der Waals surface area contributed by atoms with Crippen molar-refractivity contribution in [1.82, 2.24) is 9.47 Å². The minimum atomic E-state index is -0.389. The van der Waals surface area contributed by atoms with Crippen LogP contribution < -0.4 is 5.76 Å². The highest BCUT2D eigenvalue weighted by molar-refractivity contribution is 6.31. The van der Waals surface area contributed by atoms with Crippen molar-refractivity contribution in [3.05, 3.63) is 69.4 Å². The van der Waals surface area contributed by atoms with E-state index in [0.717, 1.165) is 16.5 Å². The number of nitrogens with zero attached hydrogens (tertiary/aromatic N) is 2. The molecule has 1 aliphatic rings. The summed E-state index contributed by atoms with van der Waals surface area (Å²) in [6.45, 7) is 2.99. The molecular weight excluding hydrogens is 392 g/mol. The van der Waals surface area contributed by atoms with E-state index >= 15 is 0 Å². The van der Waals surface area contributed by atoms with Gasteiger partial charge in [0.2, 0.25) is 0 Å². The Balaban J connectivity index is 1.38. The van der Waals surface area contributed by atoms with Gasteiger partial charge >= 0.3 is 5.76 Å². The number of carbonyl (C=O) groups is 1. The van der Waals surface area contributed by atoms with Crippen molar-refractivity contribution in [1.29, 1.82) is 0 Å². The van der Waals surface area contributed by atoms with E-state index in [2.05, 4.69) is 0 Å². The number of fused-ring (bicyclic) bond motifs is 2. The Morgan fingerprint density at radius 3 is 2.59 bits per heavy atom. The predicted octanol–water partition coefficient (Wildman–Crippen LogP) is 4.78. The summed E-state index contributed by atoms with van der Waals surface area (Å²) >= 11 is 6.10. The third-order valence-corrected chi connectivity index (χ3v) is 5.96. The molecule has 5 rings (SSSR count). The highest BCUT2D eigenvalue weighted by Crippen LogP contribution is 2.30. The smallest absolute Gasteiger partial charge is 0.420 e. The molecule has 3 heterocycles. The van der Waals surface area contributed by atoms with Gasteiger partial charge in [-0.3, -0.25) is 9.36 Å². The number of likely N-dealkylation sites (tertiary alicyclic amines) is 1. The number of aryl methyl sites for hydroxylation is 1. The first kappa shape index (κ1) is 18.1. The van der Waals surface area contributed by atoms with E-state index in [1.807, 2.05) is 31.2 Å². The lowest BCUT2D eigenvalue weighted by Gasteiger charge is -2.31. The van der Waals surface area contributed by atoms with Gasteiger partial charge in [0.25, 0.3) is 5.91 Å². The van der Waals surface area contributed by atoms with Crippen molar-refractivity contribution in [3.8, 4) is 0 Å². The van der Waals surface area contributed by atoms with E-state index in [0.29, 0.717) is 47.8 Å². The van der Waals surface area contributed by atoms with Crippen LogP contribution in [0.25, 0.3) is 22.1 Å². The highest BCUT2D eigenvalue weighted by atomic mass is 35.5. The molecule has 7 heteroatoms. The van der Waals surface area contributed by atoms with Crippen molar-refractivity contribution in [2.45, 2.75) is 25.8 Å². The topological polar surface area (TPSA) is 68.6 Å². The molecule has 2 aromatic heterocycles. The van der Waals surface area contributed by atoms with Crippen LogP contribution in [0.4, 0.5) is 0 Å². The maximum Gasteiger partial charge on any atom is 0.420 e. The summed E-state index contributed by atoms with van der Waals surface area (Å²) in [5, 5.41) is 1.51. The average Bonchev–Trinajstić information content (AvgIpc) is 3.24. The van der Waals surface area contributed by atoms with Crippen LogP contribution in [0.5, 0.6) is 0 Å². The number of halogens is 1. The zero-order valence-electron chi connectivity index (χ0n) is 15.9. The number of furan rings is 1. The molecule has 0 spiro atoms. The van der Waals surface area contributed by atoms with Crippen LogP contribution in [-0.4, -0.2) is 28.5 Å². The number of piperidine rings is 1. The second-order valence-electron chi connectivity index (χ2n) is 7.43. The van der Waals surface area contributed by atoms with Gasteiger partial charge in [0.15, 0.2) is 11.3 Å². The normalized spacial score (nSPS) is 15.4. The molecule has 0 atom stereocenters. The predicted molar refractivity (Wildman–Crippen MR) is 111 cm³/mol. The fourth-order valence-electron chi connectivity index (χ4n) is 4.20. The number of para-hydroxylation sites is 1. The SMILES string of the molecule is Cc1c(C(=O)N2CCC(n3c(=O)oc4ccc(Cl)cc43)CC2)oc2ccccc12. The van der Waals surface area contributed by atoms with Gasteiger partial charge in [0.05, 0.1) is 5.52 Å². The standard InChI is InChI=1S/C22H19ClN2O4/c1-13-16-4-2-3-5-18(16)28-20(13)21(26)24-10-8-15(9-11-24)25-17-12-14(23)6-7-19(17)29-22(25)27/h2-7,12,15H,8-11H2,1H3. The Morgan fingerprint density at radius 1 is 1.07 bits per heavy atom. The number of oxazole rings is 1. The maximum absolute atomic E-state index is 13.0. The minimum absolute atomic E-state index is 0.0389. The van der Waals surface area contributed by atoms with Crippen molar-refractivity contribution in [2.24, 2.45) is 0 Å². The van der Waals surface area contributed by atoms with E-state index in [4.69, 9.17) is 20.4 Å². The van der Waals surface area contributed by atoms with Crippen LogP contribution in [-0.2, 0) is 0 Å². The van der Waals surface area contributed by atoms with Gasteiger partial charge in [-0.25, -0.2) is 4.79 Å². The number of amides is 1. The summed E-state index contributed by atoms with van der Waals surface area (Å²) in [5.41, 5.74) is 2.80. The molecule has 29 heavy (non-hydrogen) atoms. The second kappa shape index (κ2) is 6.81.